The molecule has 1 heterocycles. The number of hydrogen-bond donors (Lipinski definition) is 2. The van der Waals surface area contributed by atoms with E-state index in [0.29, 0.717) is 6.54 Å². The minimum atomic E-state index is -0.496. The topological polar surface area (TPSA) is 55.1 Å². The van der Waals surface area contributed by atoms with Crippen LogP contribution in [0.25, 0.3) is 0 Å². The van der Waals surface area contributed by atoms with Crippen molar-refractivity contribution in [2.24, 2.45) is 11.1 Å². The standard InChI is InChI=1S/C11H17BrN2OS/c1-7-9(12)4-8(16-7)5-14-6-11(2,3)10(13)15/h4,14H,5-6H2,1-3H3,(H2,13,15). The highest BCUT2D eigenvalue weighted by Gasteiger charge is 2.24. The van der Waals surface area contributed by atoms with Crippen molar-refractivity contribution in [3.63, 3.8) is 0 Å². The van der Waals surface area contributed by atoms with Crippen molar-refractivity contribution < 1.29 is 4.79 Å². The molecule has 0 aromatic carbocycles. The third-order valence-electron chi connectivity index (χ3n) is 2.44. The normalized spacial score (nSPS) is 11.8. The van der Waals surface area contributed by atoms with Crippen LogP contribution in [0.2, 0.25) is 0 Å². The molecule has 3 nitrogen and oxygen atoms in total. The summed E-state index contributed by atoms with van der Waals surface area (Å²) in [6, 6.07) is 2.10. The van der Waals surface area contributed by atoms with Crippen LogP contribution in [0.1, 0.15) is 23.6 Å². The van der Waals surface area contributed by atoms with E-state index in [1.165, 1.54) is 9.75 Å². The smallest absolute Gasteiger partial charge is 0.224 e. The molecular weight excluding hydrogens is 288 g/mol. The molecule has 0 bridgehead atoms. The van der Waals surface area contributed by atoms with Gasteiger partial charge in [-0.05, 0) is 42.8 Å². The van der Waals surface area contributed by atoms with Gasteiger partial charge in [0.1, 0.15) is 0 Å². The third-order valence-corrected chi connectivity index (χ3v) is 4.58. The number of aryl methyl sites for hydroxylation is 1. The number of rotatable bonds is 5. The number of carbonyl (C=O) groups excluding carboxylic acids is 1. The van der Waals surface area contributed by atoms with Crippen LogP contribution in [-0.2, 0) is 11.3 Å². The van der Waals surface area contributed by atoms with Gasteiger partial charge >= 0.3 is 0 Å². The summed E-state index contributed by atoms with van der Waals surface area (Å²) in [4.78, 5) is 13.6. The average molecular weight is 305 g/mol. The molecule has 0 aliphatic heterocycles. The number of halogens is 1. The highest BCUT2D eigenvalue weighted by molar-refractivity contribution is 9.10. The predicted octanol–water partition coefficient (Wildman–Crippen LogP) is 2.42. The molecule has 0 radical (unpaired) electrons. The molecule has 0 spiro atoms. The van der Waals surface area contributed by atoms with Gasteiger partial charge < -0.3 is 11.1 Å². The van der Waals surface area contributed by atoms with Gasteiger partial charge in [-0.1, -0.05) is 0 Å². The van der Waals surface area contributed by atoms with Crippen molar-refractivity contribution in [2.45, 2.75) is 27.3 Å². The molecule has 16 heavy (non-hydrogen) atoms. The summed E-state index contributed by atoms with van der Waals surface area (Å²) in [6.07, 6.45) is 0. The molecule has 0 unspecified atom stereocenters. The second-order valence-corrected chi connectivity index (χ2v) is 6.66. The Hall–Kier alpha value is -0.390. The zero-order valence-corrected chi connectivity index (χ0v) is 12.2. The summed E-state index contributed by atoms with van der Waals surface area (Å²) in [5.41, 5.74) is 4.80. The van der Waals surface area contributed by atoms with Gasteiger partial charge in [-0.15, -0.1) is 11.3 Å². The first-order chi connectivity index (χ1) is 7.33. The van der Waals surface area contributed by atoms with Gasteiger partial charge in [0.2, 0.25) is 5.91 Å². The molecule has 1 rings (SSSR count). The van der Waals surface area contributed by atoms with Crippen LogP contribution in [0.3, 0.4) is 0 Å². The number of nitrogens with two attached hydrogens (primary N) is 1. The zero-order chi connectivity index (χ0) is 12.3. The highest BCUT2D eigenvalue weighted by Crippen LogP contribution is 2.26. The molecule has 1 aromatic heterocycles. The molecule has 0 aliphatic carbocycles. The maximum absolute atomic E-state index is 11.1. The summed E-state index contributed by atoms with van der Waals surface area (Å²) in [5.74, 6) is -0.274. The van der Waals surface area contributed by atoms with E-state index in [9.17, 15) is 4.79 Å². The molecule has 1 amide bonds. The fourth-order valence-corrected chi connectivity index (χ4v) is 2.76. The number of amides is 1. The van der Waals surface area contributed by atoms with E-state index in [-0.39, 0.29) is 5.91 Å². The van der Waals surface area contributed by atoms with Crippen molar-refractivity contribution in [2.75, 3.05) is 6.54 Å². The molecule has 90 valence electrons. The van der Waals surface area contributed by atoms with E-state index in [2.05, 4.69) is 34.2 Å². The van der Waals surface area contributed by atoms with Gasteiger partial charge in [-0.3, -0.25) is 4.79 Å². The average Bonchev–Trinajstić information content (AvgIpc) is 2.45. The number of nitrogens with one attached hydrogen (secondary N) is 1. The molecule has 0 aliphatic rings. The predicted molar refractivity (Wildman–Crippen MR) is 71.4 cm³/mol. The van der Waals surface area contributed by atoms with Crippen LogP contribution in [0.4, 0.5) is 0 Å². The van der Waals surface area contributed by atoms with Gasteiger partial charge in [0.15, 0.2) is 0 Å². The van der Waals surface area contributed by atoms with Crippen molar-refractivity contribution in [3.8, 4) is 0 Å². The molecule has 5 heteroatoms. The lowest BCUT2D eigenvalue weighted by Gasteiger charge is -2.20. The summed E-state index contributed by atoms with van der Waals surface area (Å²) in [5, 5.41) is 3.25. The van der Waals surface area contributed by atoms with Gasteiger partial charge in [0, 0.05) is 27.3 Å². The largest absolute Gasteiger partial charge is 0.369 e. The van der Waals surface area contributed by atoms with E-state index in [0.717, 1.165) is 11.0 Å². The Balaban J connectivity index is 2.44. The maximum Gasteiger partial charge on any atom is 0.224 e. The molecule has 0 fully saturated rings. The van der Waals surface area contributed by atoms with E-state index in [4.69, 9.17) is 5.73 Å². The second kappa shape index (κ2) is 5.29. The lowest BCUT2D eigenvalue weighted by atomic mass is 9.93. The van der Waals surface area contributed by atoms with Gasteiger partial charge in [0.05, 0.1) is 5.41 Å². The minimum Gasteiger partial charge on any atom is -0.369 e. The Labute approximate surface area is 109 Å². The summed E-state index contributed by atoms with van der Waals surface area (Å²) in [6.45, 7) is 7.13. The Morgan fingerprint density at radius 1 is 1.62 bits per heavy atom. The van der Waals surface area contributed by atoms with Crippen LogP contribution in [0.15, 0.2) is 10.5 Å². The lowest BCUT2D eigenvalue weighted by Crippen LogP contribution is -2.40. The highest BCUT2D eigenvalue weighted by atomic mass is 79.9. The van der Waals surface area contributed by atoms with Gasteiger partial charge in [-0.25, -0.2) is 0 Å². The third kappa shape index (κ3) is 3.57. The molecule has 0 atom stereocenters. The molecule has 0 saturated heterocycles. The first-order valence-electron chi connectivity index (χ1n) is 5.08. The van der Waals surface area contributed by atoms with E-state index in [1.807, 2.05) is 13.8 Å². The van der Waals surface area contributed by atoms with Crippen molar-refractivity contribution in [3.05, 3.63) is 20.3 Å². The number of hydrogen-bond acceptors (Lipinski definition) is 3. The molecular formula is C11H17BrN2OS. The Morgan fingerprint density at radius 2 is 2.25 bits per heavy atom. The van der Waals surface area contributed by atoms with E-state index >= 15 is 0 Å². The zero-order valence-electron chi connectivity index (χ0n) is 9.76. The fraction of sp³-hybridized carbons (Fsp3) is 0.545. The van der Waals surface area contributed by atoms with Crippen molar-refractivity contribution in [1.82, 2.24) is 5.32 Å². The summed E-state index contributed by atoms with van der Waals surface area (Å²) < 4.78 is 1.14. The first-order valence-corrected chi connectivity index (χ1v) is 6.69. The van der Waals surface area contributed by atoms with Crippen LogP contribution < -0.4 is 11.1 Å². The van der Waals surface area contributed by atoms with E-state index in [1.54, 1.807) is 11.3 Å². The minimum absolute atomic E-state index is 0.274. The van der Waals surface area contributed by atoms with Crippen LogP contribution in [-0.4, -0.2) is 12.5 Å². The van der Waals surface area contributed by atoms with Crippen molar-refractivity contribution >= 4 is 33.2 Å². The summed E-state index contributed by atoms with van der Waals surface area (Å²) >= 11 is 5.23. The molecule has 1 aromatic rings. The number of thiophene rings is 1. The maximum atomic E-state index is 11.1. The number of carbonyl (C=O) groups is 1. The Morgan fingerprint density at radius 3 is 2.69 bits per heavy atom. The SMILES string of the molecule is Cc1sc(CNCC(C)(C)C(N)=O)cc1Br. The first kappa shape index (κ1) is 13.7. The van der Waals surface area contributed by atoms with Crippen molar-refractivity contribution in [1.29, 1.82) is 0 Å². The Bertz CT molecular complexity index is 368. The van der Waals surface area contributed by atoms with Crippen LogP contribution in [0, 0.1) is 12.3 Å². The Kier molecular flexibility index (Phi) is 4.52. The van der Waals surface area contributed by atoms with Crippen LogP contribution >= 0.6 is 27.3 Å². The van der Waals surface area contributed by atoms with Gasteiger partial charge in [0.25, 0.3) is 0 Å². The fourth-order valence-electron chi connectivity index (χ4n) is 1.19. The lowest BCUT2D eigenvalue weighted by molar-refractivity contribution is -0.125. The van der Waals surface area contributed by atoms with Gasteiger partial charge in [-0.2, -0.15) is 0 Å². The number of primary amides is 1. The summed E-state index contributed by atoms with van der Waals surface area (Å²) in [7, 11) is 0. The second-order valence-electron chi connectivity index (χ2n) is 4.47. The van der Waals surface area contributed by atoms with Crippen LogP contribution in [0.5, 0.6) is 0 Å². The molecule has 3 N–H and O–H groups in total. The monoisotopic (exact) mass is 304 g/mol. The molecule has 0 saturated carbocycles. The quantitative estimate of drug-likeness (QED) is 0.878. The van der Waals surface area contributed by atoms with E-state index < -0.39 is 5.41 Å².